The fraction of sp³-hybridized carbons (Fsp3) is 0.394. The van der Waals surface area contributed by atoms with E-state index in [0.29, 0.717) is 32.7 Å². The molecule has 0 heterocycles. The monoisotopic (exact) mass is 677 g/mol. The maximum absolute atomic E-state index is 14.1. The molecule has 4 rings (SSSR count). The summed E-state index contributed by atoms with van der Waals surface area (Å²) in [5.74, 6) is -0.494. The Labute approximate surface area is 275 Å². The Hall–Kier alpha value is -2.78. The van der Waals surface area contributed by atoms with Gasteiger partial charge in [-0.05, 0) is 60.7 Å². The Morgan fingerprint density at radius 2 is 1.61 bits per heavy atom. The van der Waals surface area contributed by atoms with Crippen molar-refractivity contribution in [1.82, 2.24) is 10.2 Å². The van der Waals surface area contributed by atoms with E-state index in [-0.39, 0.29) is 43.8 Å². The van der Waals surface area contributed by atoms with Crippen molar-refractivity contribution in [2.24, 2.45) is 0 Å². The van der Waals surface area contributed by atoms with Crippen molar-refractivity contribution in [2.45, 2.75) is 70.0 Å². The van der Waals surface area contributed by atoms with Crippen molar-refractivity contribution in [2.75, 3.05) is 17.1 Å². The van der Waals surface area contributed by atoms with E-state index in [1.165, 1.54) is 4.31 Å². The first-order valence-electron chi connectivity index (χ1n) is 14.8. The topological polar surface area (TPSA) is 86.8 Å². The van der Waals surface area contributed by atoms with Gasteiger partial charge >= 0.3 is 0 Å². The van der Waals surface area contributed by atoms with Crippen LogP contribution in [0, 0.1) is 0 Å². The molecular formula is C33H38Cl3N3O4S. The van der Waals surface area contributed by atoms with Crippen LogP contribution in [0.25, 0.3) is 0 Å². The van der Waals surface area contributed by atoms with Gasteiger partial charge in [0.25, 0.3) is 0 Å². The Morgan fingerprint density at radius 1 is 0.909 bits per heavy atom. The van der Waals surface area contributed by atoms with Crippen molar-refractivity contribution in [1.29, 1.82) is 0 Å². The molecule has 0 bridgehead atoms. The quantitative estimate of drug-likeness (QED) is 0.206. The number of halogens is 3. The minimum Gasteiger partial charge on any atom is -0.352 e. The summed E-state index contributed by atoms with van der Waals surface area (Å²) >= 11 is 18.8. The fourth-order valence-electron chi connectivity index (χ4n) is 5.57. The second kappa shape index (κ2) is 16.0. The summed E-state index contributed by atoms with van der Waals surface area (Å²) in [7, 11) is -3.64. The highest BCUT2D eigenvalue weighted by molar-refractivity contribution is 7.92. The van der Waals surface area contributed by atoms with E-state index < -0.39 is 16.1 Å². The predicted molar refractivity (Wildman–Crippen MR) is 179 cm³/mol. The molecule has 11 heteroatoms. The lowest BCUT2D eigenvalue weighted by Crippen LogP contribution is -2.53. The van der Waals surface area contributed by atoms with Gasteiger partial charge in [0.05, 0.1) is 11.9 Å². The maximum atomic E-state index is 14.1. The molecule has 1 fully saturated rings. The van der Waals surface area contributed by atoms with Crippen molar-refractivity contribution in [3.63, 3.8) is 0 Å². The number of rotatable bonds is 13. The van der Waals surface area contributed by atoms with Crippen molar-refractivity contribution >= 4 is 62.3 Å². The van der Waals surface area contributed by atoms with Crippen LogP contribution in [-0.2, 0) is 32.6 Å². The average molecular weight is 679 g/mol. The summed E-state index contributed by atoms with van der Waals surface area (Å²) in [6.45, 7) is 0.159. The zero-order valence-electron chi connectivity index (χ0n) is 24.7. The lowest BCUT2D eigenvalue weighted by molar-refractivity contribution is -0.141. The molecule has 44 heavy (non-hydrogen) atoms. The molecule has 0 unspecified atom stereocenters. The summed E-state index contributed by atoms with van der Waals surface area (Å²) in [6, 6.07) is 20.5. The third-order valence-electron chi connectivity index (χ3n) is 7.83. The standard InChI is InChI=1S/C33H38Cl3N3O4S/c1-44(42,43)39(29-15-8-12-26(34)21-29)19-9-16-32(40)38(23-25-17-18-27(35)22-30(25)36)31(20-24-10-4-2-5-11-24)33(41)37-28-13-6-3-7-14-28/h2,4-5,8,10-12,15,17-18,21-22,28,31H,3,6-7,9,13-14,16,19-20,23H2,1H3,(H,37,41)/t31-/m0/s1. The summed E-state index contributed by atoms with van der Waals surface area (Å²) in [5, 5.41) is 4.49. The molecule has 7 nitrogen and oxygen atoms in total. The number of nitrogens with zero attached hydrogens (tertiary/aromatic N) is 2. The molecule has 1 aliphatic carbocycles. The molecule has 1 saturated carbocycles. The van der Waals surface area contributed by atoms with E-state index in [0.717, 1.165) is 43.9 Å². The van der Waals surface area contributed by atoms with Gasteiger partial charge in [0.1, 0.15) is 6.04 Å². The minimum absolute atomic E-state index is 0.0137. The van der Waals surface area contributed by atoms with Crippen molar-refractivity contribution in [3.8, 4) is 0 Å². The van der Waals surface area contributed by atoms with E-state index in [9.17, 15) is 18.0 Å². The van der Waals surface area contributed by atoms with E-state index in [1.54, 1.807) is 47.4 Å². The summed E-state index contributed by atoms with van der Waals surface area (Å²) in [6.07, 6.45) is 6.76. The molecule has 236 valence electrons. The van der Waals surface area contributed by atoms with Crippen LogP contribution in [0.2, 0.25) is 15.1 Å². The molecule has 3 aromatic rings. The largest absolute Gasteiger partial charge is 0.352 e. The highest BCUT2D eigenvalue weighted by Gasteiger charge is 2.32. The number of hydrogen-bond acceptors (Lipinski definition) is 4. The molecule has 2 amide bonds. The molecule has 0 spiro atoms. The highest BCUT2D eigenvalue weighted by Crippen LogP contribution is 2.26. The maximum Gasteiger partial charge on any atom is 0.243 e. The van der Waals surface area contributed by atoms with Crippen molar-refractivity contribution < 1.29 is 18.0 Å². The Morgan fingerprint density at radius 3 is 2.27 bits per heavy atom. The van der Waals surface area contributed by atoms with Crippen LogP contribution in [0.15, 0.2) is 72.8 Å². The van der Waals surface area contributed by atoms with Gasteiger partial charge in [0.2, 0.25) is 21.8 Å². The third kappa shape index (κ3) is 9.86. The molecule has 1 aliphatic rings. The molecule has 0 aliphatic heterocycles. The third-order valence-corrected chi connectivity index (χ3v) is 9.84. The second-order valence-electron chi connectivity index (χ2n) is 11.2. The second-order valence-corrected chi connectivity index (χ2v) is 14.4. The number of amides is 2. The molecular weight excluding hydrogens is 641 g/mol. The SMILES string of the molecule is CS(=O)(=O)N(CCCC(=O)N(Cc1ccc(Cl)cc1Cl)[C@@H](Cc1ccccc1)C(=O)NC1CCCCC1)c1cccc(Cl)c1. The number of nitrogens with one attached hydrogen (secondary N) is 1. The number of benzene rings is 3. The van der Waals surface area contributed by atoms with E-state index in [4.69, 9.17) is 34.8 Å². The molecule has 0 aromatic heterocycles. The van der Waals surface area contributed by atoms with Crippen LogP contribution in [0.4, 0.5) is 5.69 Å². The van der Waals surface area contributed by atoms with Crippen molar-refractivity contribution in [3.05, 3.63) is 99.0 Å². The van der Waals surface area contributed by atoms with Gasteiger partial charge in [-0.2, -0.15) is 0 Å². The highest BCUT2D eigenvalue weighted by atomic mass is 35.5. The number of carbonyl (C=O) groups is 2. The molecule has 3 aromatic carbocycles. The zero-order chi connectivity index (χ0) is 31.7. The Balaban J connectivity index is 1.61. The first-order chi connectivity index (χ1) is 21.0. The van der Waals surface area contributed by atoms with Gasteiger partial charge in [-0.3, -0.25) is 13.9 Å². The summed E-state index contributed by atoms with van der Waals surface area (Å²) in [5.41, 5.74) is 2.00. The van der Waals surface area contributed by atoms with Crippen LogP contribution in [0.3, 0.4) is 0 Å². The first-order valence-corrected chi connectivity index (χ1v) is 17.8. The van der Waals surface area contributed by atoms with Gasteiger partial charge in [0, 0.05) is 47.0 Å². The van der Waals surface area contributed by atoms with Gasteiger partial charge in [-0.1, -0.05) is 96.5 Å². The average Bonchev–Trinajstić information content (AvgIpc) is 2.98. The van der Waals surface area contributed by atoms with Gasteiger partial charge < -0.3 is 10.2 Å². The molecule has 1 N–H and O–H groups in total. The lowest BCUT2D eigenvalue weighted by Gasteiger charge is -2.34. The molecule has 1 atom stereocenters. The normalized spacial score (nSPS) is 14.5. The van der Waals surface area contributed by atoms with E-state index >= 15 is 0 Å². The molecule has 0 radical (unpaired) electrons. The van der Waals surface area contributed by atoms with Crippen LogP contribution in [0.1, 0.15) is 56.1 Å². The Bertz CT molecular complexity index is 1530. The van der Waals surface area contributed by atoms with Crippen LogP contribution >= 0.6 is 34.8 Å². The fourth-order valence-corrected chi connectivity index (χ4v) is 7.18. The minimum atomic E-state index is -3.64. The number of hydrogen-bond donors (Lipinski definition) is 1. The predicted octanol–water partition coefficient (Wildman–Crippen LogP) is 7.28. The smallest absolute Gasteiger partial charge is 0.243 e. The number of sulfonamides is 1. The Kier molecular flexibility index (Phi) is 12.4. The lowest BCUT2D eigenvalue weighted by atomic mass is 9.94. The van der Waals surface area contributed by atoms with Gasteiger partial charge in [-0.15, -0.1) is 0 Å². The zero-order valence-corrected chi connectivity index (χ0v) is 27.8. The number of carbonyl (C=O) groups excluding carboxylic acids is 2. The summed E-state index contributed by atoms with van der Waals surface area (Å²) in [4.78, 5) is 29.6. The van der Waals surface area contributed by atoms with Crippen LogP contribution < -0.4 is 9.62 Å². The van der Waals surface area contributed by atoms with Crippen LogP contribution in [0.5, 0.6) is 0 Å². The van der Waals surface area contributed by atoms with E-state index in [1.807, 2.05) is 30.3 Å². The van der Waals surface area contributed by atoms with Gasteiger partial charge in [0.15, 0.2) is 0 Å². The summed E-state index contributed by atoms with van der Waals surface area (Å²) < 4.78 is 26.6. The van der Waals surface area contributed by atoms with Gasteiger partial charge in [-0.25, -0.2) is 8.42 Å². The first kappa shape index (κ1) is 34.1. The van der Waals surface area contributed by atoms with E-state index in [2.05, 4.69) is 5.32 Å². The van der Waals surface area contributed by atoms with Crippen LogP contribution in [-0.4, -0.2) is 50.0 Å². The molecule has 0 saturated heterocycles. The number of anilines is 1.